The van der Waals surface area contributed by atoms with Crippen LogP contribution in [0.15, 0.2) is 24.3 Å². The van der Waals surface area contributed by atoms with E-state index in [1.165, 1.54) is 4.90 Å². The summed E-state index contributed by atoms with van der Waals surface area (Å²) < 4.78 is 9.42. The summed E-state index contributed by atoms with van der Waals surface area (Å²) in [6.45, 7) is 0.141. The summed E-state index contributed by atoms with van der Waals surface area (Å²) in [5, 5.41) is 12.5. The van der Waals surface area contributed by atoms with Gasteiger partial charge in [-0.3, -0.25) is 5.32 Å². The highest BCUT2D eigenvalue weighted by molar-refractivity contribution is 7.11. The van der Waals surface area contributed by atoms with Crippen LogP contribution in [0.2, 0.25) is 5.02 Å². The third-order valence-electron chi connectivity index (χ3n) is 2.79. The van der Waals surface area contributed by atoms with Gasteiger partial charge in [0.1, 0.15) is 11.6 Å². The maximum absolute atomic E-state index is 11.7. The first-order valence-electron chi connectivity index (χ1n) is 6.47. The smallest absolute Gasteiger partial charge is 0.344 e. The maximum Gasteiger partial charge on any atom is 0.344 e. The van der Waals surface area contributed by atoms with Crippen LogP contribution in [0.1, 0.15) is 15.9 Å². The molecule has 0 aliphatic carbocycles. The lowest BCUT2D eigenvalue weighted by Crippen LogP contribution is -2.27. The number of urea groups is 1. The van der Waals surface area contributed by atoms with E-state index in [9.17, 15) is 14.7 Å². The first kappa shape index (κ1) is 17.0. The van der Waals surface area contributed by atoms with Crippen LogP contribution in [0.4, 0.5) is 9.80 Å². The molecule has 1 aromatic heterocycles. The number of aromatic nitrogens is 1. The third-order valence-corrected chi connectivity index (χ3v) is 3.79. The molecule has 0 atom stereocenters. The number of amides is 2. The third kappa shape index (κ3) is 4.33. The van der Waals surface area contributed by atoms with Gasteiger partial charge in [-0.15, -0.1) is 0 Å². The summed E-state index contributed by atoms with van der Waals surface area (Å²) in [4.78, 5) is 24.4. The zero-order chi connectivity index (χ0) is 17.0. The Morgan fingerprint density at radius 3 is 2.57 bits per heavy atom. The lowest BCUT2D eigenvalue weighted by atomic mass is 10.2. The topological polar surface area (TPSA) is 91.8 Å². The number of benzene rings is 1. The second kappa shape index (κ2) is 7.30. The monoisotopic (exact) mass is 355 g/mol. The Kier molecular flexibility index (Phi) is 5.41. The fourth-order valence-corrected chi connectivity index (χ4v) is 2.43. The number of nitrogens with one attached hydrogen (secondary N) is 1. The van der Waals surface area contributed by atoms with Gasteiger partial charge in [-0.2, -0.15) is 4.37 Å². The van der Waals surface area contributed by atoms with E-state index in [1.54, 1.807) is 38.4 Å². The van der Waals surface area contributed by atoms with Gasteiger partial charge in [0, 0.05) is 19.1 Å². The largest absolute Gasteiger partial charge is 0.477 e. The summed E-state index contributed by atoms with van der Waals surface area (Å²) >= 11 is 6.65. The van der Waals surface area contributed by atoms with Gasteiger partial charge in [0.15, 0.2) is 5.56 Å². The molecule has 23 heavy (non-hydrogen) atoms. The standard InChI is InChI=1S/C14H14ClN3O4S/c1-18(2)14(21)16-12-10(13(19)20)11(17-23-12)22-7-8-3-5-9(15)6-4-8/h3-6H,7H2,1-2H3,(H,16,21)(H,19,20). The van der Waals surface area contributed by atoms with Crippen LogP contribution in [0.3, 0.4) is 0 Å². The fraction of sp³-hybridized carbons (Fsp3) is 0.214. The van der Waals surface area contributed by atoms with Crippen LogP contribution in [0.25, 0.3) is 0 Å². The normalized spacial score (nSPS) is 10.2. The quantitative estimate of drug-likeness (QED) is 0.859. The van der Waals surface area contributed by atoms with E-state index in [2.05, 4.69) is 9.69 Å². The molecule has 1 heterocycles. The molecule has 122 valence electrons. The highest BCUT2D eigenvalue weighted by Crippen LogP contribution is 2.31. The SMILES string of the molecule is CN(C)C(=O)Nc1snc(OCc2ccc(Cl)cc2)c1C(=O)O. The van der Waals surface area contributed by atoms with Crippen LogP contribution in [-0.2, 0) is 6.61 Å². The number of hydrogen-bond donors (Lipinski definition) is 2. The molecule has 2 aromatic rings. The van der Waals surface area contributed by atoms with Crippen molar-refractivity contribution >= 4 is 40.1 Å². The van der Waals surface area contributed by atoms with Gasteiger partial charge in [-0.25, -0.2) is 9.59 Å². The van der Waals surface area contributed by atoms with Gasteiger partial charge in [0.25, 0.3) is 0 Å². The van der Waals surface area contributed by atoms with Gasteiger partial charge < -0.3 is 14.7 Å². The molecule has 9 heteroatoms. The van der Waals surface area contributed by atoms with Gasteiger partial charge in [-0.05, 0) is 29.2 Å². The molecule has 0 fully saturated rings. The van der Waals surface area contributed by atoms with Crippen molar-refractivity contribution in [3.8, 4) is 5.88 Å². The summed E-state index contributed by atoms with van der Waals surface area (Å²) in [6, 6.07) is 6.51. The minimum absolute atomic E-state index is 0.0356. The van der Waals surface area contributed by atoms with Crippen molar-refractivity contribution in [3.63, 3.8) is 0 Å². The highest BCUT2D eigenvalue weighted by Gasteiger charge is 2.23. The average Bonchev–Trinajstić information content (AvgIpc) is 2.89. The summed E-state index contributed by atoms with van der Waals surface area (Å²) in [5.41, 5.74) is 0.650. The van der Waals surface area contributed by atoms with Crippen LogP contribution < -0.4 is 10.1 Å². The van der Waals surface area contributed by atoms with Gasteiger partial charge in [0.2, 0.25) is 5.88 Å². The predicted molar refractivity (Wildman–Crippen MR) is 87.6 cm³/mol. The molecule has 1 aromatic carbocycles. The molecule has 0 saturated carbocycles. The van der Waals surface area contributed by atoms with Crippen LogP contribution >= 0.6 is 23.1 Å². The highest BCUT2D eigenvalue weighted by atomic mass is 35.5. The lowest BCUT2D eigenvalue weighted by molar-refractivity contribution is 0.0693. The maximum atomic E-state index is 11.7. The molecule has 2 amide bonds. The Bertz CT molecular complexity index is 715. The summed E-state index contributed by atoms with van der Waals surface area (Å²) in [5.74, 6) is -1.26. The van der Waals surface area contributed by atoms with Crippen molar-refractivity contribution in [2.75, 3.05) is 19.4 Å². The molecule has 0 spiro atoms. The van der Waals surface area contributed by atoms with E-state index in [0.717, 1.165) is 17.1 Å². The number of hydrogen-bond acceptors (Lipinski definition) is 5. The lowest BCUT2D eigenvalue weighted by Gasteiger charge is -2.11. The van der Waals surface area contributed by atoms with E-state index in [0.29, 0.717) is 5.02 Å². The van der Waals surface area contributed by atoms with E-state index >= 15 is 0 Å². The van der Waals surface area contributed by atoms with Crippen LogP contribution in [0.5, 0.6) is 5.88 Å². The molecule has 0 unspecified atom stereocenters. The van der Waals surface area contributed by atoms with Crippen molar-refractivity contribution in [2.45, 2.75) is 6.61 Å². The minimum Gasteiger partial charge on any atom is -0.477 e. The van der Waals surface area contributed by atoms with E-state index in [1.807, 2.05) is 0 Å². The summed E-state index contributed by atoms with van der Waals surface area (Å²) in [7, 11) is 3.10. The molecule has 0 saturated heterocycles. The Labute approximate surface area is 141 Å². The van der Waals surface area contributed by atoms with Crippen molar-refractivity contribution < 1.29 is 19.4 Å². The van der Waals surface area contributed by atoms with Crippen LogP contribution in [0, 0.1) is 0 Å². The molecule has 2 rings (SSSR count). The molecule has 0 bridgehead atoms. The summed E-state index contributed by atoms with van der Waals surface area (Å²) in [6.07, 6.45) is 0. The minimum atomic E-state index is -1.22. The van der Waals surface area contributed by atoms with Crippen molar-refractivity contribution in [1.82, 2.24) is 9.27 Å². The van der Waals surface area contributed by atoms with E-state index in [4.69, 9.17) is 16.3 Å². The Morgan fingerprint density at radius 2 is 2.00 bits per heavy atom. The fourth-order valence-electron chi connectivity index (χ4n) is 1.59. The zero-order valence-electron chi connectivity index (χ0n) is 12.4. The van der Waals surface area contributed by atoms with Gasteiger partial charge in [-0.1, -0.05) is 23.7 Å². The van der Waals surface area contributed by atoms with E-state index < -0.39 is 12.0 Å². The molecular formula is C14H14ClN3O4S. The van der Waals surface area contributed by atoms with E-state index in [-0.39, 0.29) is 23.1 Å². The molecule has 0 radical (unpaired) electrons. The molecule has 2 N–H and O–H groups in total. The number of carbonyl (C=O) groups is 2. The number of nitrogens with zero attached hydrogens (tertiary/aromatic N) is 2. The number of carbonyl (C=O) groups excluding carboxylic acids is 1. The Hall–Kier alpha value is -2.32. The number of ether oxygens (including phenoxy) is 1. The number of anilines is 1. The van der Waals surface area contributed by atoms with Crippen molar-refractivity contribution in [2.24, 2.45) is 0 Å². The van der Waals surface area contributed by atoms with Gasteiger partial charge in [0.05, 0.1) is 0 Å². The Balaban J connectivity index is 2.15. The first-order chi connectivity index (χ1) is 10.9. The van der Waals surface area contributed by atoms with Crippen molar-refractivity contribution in [3.05, 3.63) is 40.4 Å². The average molecular weight is 356 g/mol. The number of carboxylic acid groups (broad SMARTS) is 1. The molecular weight excluding hydrogens is 342 g/mol. The first-order valence-corrected chi connectivity index (χ1v) is 7.62. The number of halogens is 1. The predicted octanol–water partition coefficient (Wildman–Crippen LogP) is 3.17. The number of carboxylic acids is 1. The van der Waals surface area contributed by atoms with Crippen LogP contribution in [-0.4, -0.2) is 40.5 Å². The molecule has 7 nitrogen and oxygen atoms in total. The Morgan fingerprint density at radius 1 is 1.35 bits per heavy atom. The van der Waals surface area contributed by atoms with Gasteiger partial charge >= 0.3 is 12.0 Å². The number of rotatable bonds is 5. The number of aromatic carboxylic acids is 1. The molecule has 0 aliphatic heterocycles. The second-order valence-electron chi connectivity index (χ2n) is 4.74. The zero-order valence-corrected chi connectivity index (χ0v) is 13.9. The van der Waals surface area contributed by atoms with Crippen molar-refractivity contribution in [1.29, 1.82) is 0 Å². The second-order valence-corrected chi connectivity index (χ2v) is 5.95. The molecule has 0 aliphatic rings.